The summed E-state index contributed by atoms with van der Waals surface area (Å²) in [6, 6.07) is 0. The number of carbonyl (C=O) groups is 1. The van der Waals surface area contributed by atoms with E-state index in [4.69, 9.17) is 4.74 Å². The second-order valence-electron chi connectivity index (χ2n) is 4.59. The van der Waals surface area contributed by atoms with Gasteiger partial charge in [0.1, 0.15) is 6.10 Å². The maximum absolute atomic E-state index is 11.4. The fourth-order valence-corrected chi connectivity index (χ4v) is 3.57. The lowest BCUT2D eigenvalue weighted by molar-refractivity contribution is -0.148. The van der Waals surface area contributed by atoms with E-state index in [1.54, 1.807) is 0 Å². The summed E-state index contributed by atoms with van der Waals surface area (Å²) in [5, 5.41) is 9.53. The summed E-state index contributed by atoms with van der Waals surface area (Å²) in [5.74, 6) is 0.732. The molecule has 0 bridgehead atoms. The smallest absolute Gasteiger partial charge is 0.306 e. The van der Waals surface area contributed by atoms with Crippen molar-refractivity contribution in [2.24, 2.45) is 11.8 Å². The average Bonchev–Trinajstić information content (AvgIpc) is 2.42. The number of esters is 1. The summed E-state index contributed by atoms with van der Waals surface area (Å²) in [5.41, 5.74) is 0. The first-order chi connectivity index (χ1) is 7.13. The number of aliphatic hydroxyl groups is 1. The Labute approximate surface area is 98.3 Å². The van der Waals surface area contributed by atoms with Crippen LogP contribution >= 0.6 is 15.9 Å². The van der Waals surface area contributed by atoms with E-state index < -0.39 is 0 Å². The van der Waals surface area contributed by atoms with Gasteiger partial charge in [0.05, 0.1) is 10.9 Å². The Morgan fingerprint density at radius 2 is 2.20 bits per heavy atom. The van der Waals surface area contributed by atoms with Crippen molar-refractivity contribution < 1.29 is 14.6 Å². The average molecular weight is 277 g/mol. The van der Waals surface area contributed by atoms with E-state index >= 15 is 0 Å². The highest BCUT2D eigenvalue weighted by molar-refractivity contribution is 9.09. The highest BCUT2D eigenvalue weighted by atomic mass is 79.9. The third-order valence-corrected chi connectivity index (χ3v) is 4.83. The predicted molar refractivity (Wildman–Crippen MR) is 59.7 cm³/mol. The van der Waals surface area contributed by atoms with Crippen LogP contribution in [0.2, 0.25) is 0 Å². The molecule has 0 spiro atoms. The molecule has 2 aliphatic carbocycles. The molecule has 0 radical (unpaired) electrons. The molecular weight excluding hydrogens is 260 g/mol. The number of hydrogen-bond donors (Lipinski definition) is 1. The van der Waals surface area contributed by atoms with E-state index in [2.05, 4.69) is 15.9 Å². The largest absolute Gasteiger partial charge is 0.461 e. The Bertz CT molecular complexity index is 256. The van der Waals surface area contributed by atoms with E-state index in [-0.39, 0.29) is 23.0 Å². The lowest BCUT2D eigenvalue weighted by Crippen LogP contribution is -2.40. The van der Waals surface area contributed by atoms with Gasteiger partial charge in [0.15, 0.2) is 0 Å². The molecule has 0 heterocycles. The third kappa shape index (κ3) is 2.07. The standard InChI is InChI=1S/C11H17BrO3/c1-2-3-10(14)15-9-5-6-7(11(9)12)4-8(6)13/h6-9,11,13H,2-5H2,1H3/t6-,7-,8+,9+,11+/m1/s1. The molecular formula is C11H17BrO3. The van der Waals surface area contributed by atoms with E-state index in [1.165, 1.54) is 0 Å². The Hall–Kier alpha value is -0.0900. The quantitative estimate of drug-likeness (QED) is 0.632. The first-order valence-electron chi connectivity index (χ1n) is 5.65. The summed E-state index contributed by atoms with van der Waals surface area (Å²) < 4.78 is 5.40. The van der Waals surface area contributed by atoms with Crippen molar-refractivity contribution in [1.82, 2.24) is 0 Å². The number of hydrogen-bond acceptors (Lipinski definition) is 3. The van der Waals surface area contributed by atoms with Crippen LogP contribution in [0.3, 0.4) is 0 Å². The molecule has 2 saturated carbocycles. The number of fused-ring (bicyclic) bond motifs is 1. The molecule has 2 fully saturated rings. The Morgan fingerprint density at radius 1 is 1.47 bits per heavy atom. The highest BCUT2D eigenvalue weighted by Crippen LogP contribution is 2.51. The normalized spacial score (nSPS) is 43.3. The van der Waals surface area contributed by atoms with Crippen molar-refractivity contribution >= 4 is 21.9 Å². The zero-order valence-corrected chi connectivity index (χ0v) is 10.4. The van der Waals surface area contributed by atoms with Crippen LogP contribution in [0.4, 0.5) is 0 Å². The van der Waals surface area contributed by atoms with Gasteiger partial charge in [0.25, 0.3) is 0 Å². The zero-order chi connectivity index (χ0) is 11.0. The molecule has 15 heavy (non-hydrogen) atoms. The van der Waals surface area contributed by atoms with Crippen molar-refractivity contribution in [2.45, 2.75) is 49.6 Å². The van der Waals surface area contributed by atoms with Crippen molar-refractivity contribution in [2.75, 3.05) is 0 Å². The molecule has 0 aromatic carbocycles. The molecule has 5 atom stereocenters. The first kappa shape index (κ1) is 11.4. The van der Waals surface area contributed by atoms with Crippen LogP contribution in [0.1, 0.15) is 32.6 Å². The van der Waals surface area contributed by atoms with E-state index in [9.17, 15) is 9.90 Å². The van der Waals surface area contributed by atoms with Gasteiger partial charge in [-0.3, -0.25) is 4.79 Å². The topological polar surface area (TPSA) is 46.5 Å². The van der Waals surface area contributed by atoms with Gasteiger partial charge in [-0.1, -0.05) is 22.9 Å². The Kier molecular flexibility index (Phi) is 3.36. The minimum atomic E-state index is -0.176. The molecule has 3 nitrogen and oxygen atoms in total. The van der Waals surface area contributed by atoms with Gasteiger partial charge < -0.3 is 9.84 Å². The van der Waals surface area contributed by atoms with Crippen molar-refractivity contribution in [3.05, 3.63) is 0 Å². The summed E-state index contributed by atoms with van der Waals surface area (Å²) in [6.07, 6.45) is 2.78. The molecule has 0 aromatic rings. The minimum absolute atomic E-state index is 0.0313. The second-order valence-corrected chi connectivity index (χ2v) is 5.65. The molecule has 1 N–H and O–H groups in total. The van der Waals surface area contributed by atoms with Gasteiger partial charge in [-0.05, 0) is 31.1 Å². The molecule has 0 aliphatic heterocycles. The van der Waals surface area contributed by atoms with Gasteiger partial charge in [-0.15, -0.1) is 0 Å². The van der Waals surface area contributed by atoms with Crippen molar-refractivity contribution in [1.29, 1.82) is 0 Å². The van der Waals surface area contributed by atoms with E-state index in [1.807, 2.05) is 6.92 Å². The molecule has 4 heteroatoms. The maximum atomic E-state index is 11.4. The van der Waals surface area contributed by atoms with Crippen LogP contribution in [-0.4, -0.2) is 28.1 Å². The molecule has 0 amide bonds. The SMILES string of the molecule is CCCC(=O)O[C@H]1C[C@@H]2[C@@H](C[C@@H]2O)[C@@H]1Br. The van der Waals surface area contributed by atoms with Crippen LogP contribution in [0.25, 0.3) is 0 Å². The third-order valence-electron chi connectivity index (χ3n) is 3.56. The zero-order valence-electron chi connectivity index (χ0n) is 8.86. The fraction of sp³-hybridized carbons (Fsp3) is 0.909. The van der Waals surface area contributed by atoms with Crippen LogP contribution in [0.5, 0.6) is 0 Å². The van der Waals surface area contributed by atoms with E-state index in [0.717, 1.165) is 19.3 Å². The van der Waals surface area contributed by atoms with Crippen LogP contribution in [0, 0.1) is 11.8 Å². The number of halogens is 1. The lowest BCUT2D eigenvalue weighted by atomic mass is 9.74. The van der Waals surface area contributed by atoms with Gasteiger partial charge in [0, 0.05) is 6.42 Å². The molecule has 2 rings (SSSR count). The maximum Gasteiger partial charge on any atom is 0.306 e. The van der Waals surface area contributed by atoms with Crippen molar-refractivity contribution in [3.63, 3.8) is 0 Å². The van der Waals surface area contributed by atoms with Gasteiger partial charge in [0.2, 0.25) is 0 Å². The van der Waals surface area contributed by atoms with Crippen LogP contribution in [0.15, 0.2) is 0 Å². The molecule has 0 saturated heterocycles. The monoisotopic (exact) mass is 276 g/mol. The predicted octanol–water partition coefficient (Wildman–Crippen LogP) is 1.86. The summed E-state index contributed by atoms with van der Waals surface area (Å²) >= 11 is 3.58. The number of carbonyl (C=O) groups excluding carboxylic acids is 1. The molecule has 86 valence electrons. The van der Waals surface area contributed by atoms with Crippen LogP contribution < -0.4 is 0 Å². The fourth-order valence-electron chi connectivity index (χ4n) is 2.63. The Morgan fingerprint density at radius 3 is 2.73 bits per heavy atom. The second kappa shape index (κ2) is 4.42. The number of aliphatic hydroxyl groups excluding tert-OH is 1. The summed E-state index contributed by atoms with van der Waals surface area (Å²) in [7, 11) is 0. The van der Waals surface area contributed by atoms with Gasteiger partial charge in [-0.25, -0.2) is 0 Å². The lowest BCUT2D eigenvalue weighted by Gasteiger charge is -2.37. The van der Waals surface area contributed by atoms with Crippen LogP contribution in [-0.2, 0) is 9.53 Å². The van der Waals surface area contributed by atoms with Gasteiger partial charge >= 0.3 is 5.97 Å². The van der Waals surface area contributed by atoms with E-state index in [0.29, 0.717) is 18.3 Å². The summed E-state index contributed by atoms with van der Waals surface area (Å²) in [4.78, 5) is 11.6. The Balaban J connectivity index is 1.86. The first-order valence-corrected chi connectivity index (χ1v) is 6.56. The highest BCUT2D eigenvalue weighted by Gasteiger charge is 2.53. The van der Waals surface area contributed by atoms with Crippen molar-refractivity contribution in [3.8, 4) is 0 Å². The number of alkyl halides is 1. The molecule has 0 aromatic heterocycles. The minimum Gasteiger partial charge on any atom is -0.461 e. The summed E-state index contributed by atoms with van der Waals surface area (Å²) in [6.45, 7) is 1.97. The number of ether oxygens (including phenoxy) is 1. The molecule has 0 unspecified atom stereocenters. The number of rotatable bonds is 3. The van der Waals surface area contributed by atoms with Gasteiger partial charge in [-0.2, -0.15) is 0 Å². The molecule has 2 aliphatic rings.